The zero-order valence-electron chi connectivity index (χ0n) is 14.8. The van der Waals surface area contributed by atoms with Gasteiger partial charge in [0.15, 0.2) is 5.82 Å². The number of piperazine rings is 1. The molecule has 2 fully saturated rings. The van der Waals surface area contributed by atoms with Crippen LogP contribution in [0.5, 0.6) is 0 Å². The minimum Gasteiger partial charge on any atom is -0.369 e. The molecule has 2 aromatic rings. The molecule has 0 unspecified atom stereocenters. The maximum Gasteiger partial charge on any atom is 0.243 e. The number of nitrogens with zero attached hydrogens (tertiary/aromatic N) is 4. The summed E-state index contributed by atoms with van der Waals surface area (Å²) < 4.78 is 5.51. The molecule has 5 heteroatoms. The molecule has 4 rings (SSSR count). The lowest BCUT2D eigenvalue weighted by atomic mass is 10.1. The van der Waals surface area contributed by atoms with Crippen molar-refractivity contribution in [3.8, 4) is 0 Å². The molecule has 2 heterocycles. The number of hydrogen-bond donors (Lipinski definition) is 0. The Labute approximate surface area is 143 Å². The minimum atomic E-state index is 0.200. The summed E-state index contributed by atoms with van der Waals surface area (Å²) in [6.07, 6.45) is 2.42. The van der Waals surface area contributed by atoms with Crippen molar-refractivity contribution in [2.75, 3.05) is 31.1 Å². The molecule has 128 valence electrons. The zero-order chi connectivity index (χ0) is 16.7. The van der Waals surface area contributed by atoms with Crippen molar-refractivity contribution >= 4 is 5.69 Å². The van der Waals surface area contributed by atoms with Crippen LogP contribution in [-0.2, 0) is 0 Å². The summed E-state index contributed by atoms with van der Waals surface area (Å²) in [6, 6.07) is 6.78. The first-order valence-corrected chi connectivity index (χ1v) is 9.02. The van der Waals surface area contributed by atoms with Crippen LogP contribution in [0.1, 0.15) is 54.6 Å². The molecule has 5 nitrogen and oxygen atoms in total. The fourth-order valence-electron chi connectivity index (χ4n) is 3.51. The zero-order valence-corrected chi connectivity index (χ0v) is 14.8. The van der Waals surface area contributed by atoms with E-state index in [1.54, 1.807) is 0 Å². The van der Waals surface area contributed by atoms with E-state index >= 15 is 0 Å². The highest BCUT2D eigenvalue weighted by atomic mass is 16.5. The molecular formula is C19H26N4O. The summed E-state index contributed by atoms with van der Waals surface area (Å²) in [5.41, 5.74) is 4.13. The largest absolute Gasteiger partial charge is 0.369 e. The highest BCUT2D eigenvalue weighted by Crippen LogP contribution is 2.38. The number of benzene rings is 1. The van der Waals surface area contributed by atoms with Crippen molar-refractivity contribution in [3.05, 3.63) is 41.0 Å². The lowest BCUT2D eigenvalue weighted by molar-refractivity contribution is 0.164. The molecule has 1 aromatic carbocycles. The Hall–Kier alpha value is -1.88. The van der Waals surface area contributed by atoms with Crippen LogP contribution in [0.25, 0.3) is 0 Å². The van der Waals surface area contributed by atoms with Crippen LogP contribution in [0.4, 0.5) is 5.69 Å². The van der Waals surface area contributed by atoms with E-state index in [9.17, 15) is 0 Å². The molecule has 1 saturated carbocycles. The molecule has 1 aromatic heterocycles. The fourth-order valence-corrected chi connectivity index (χ4v) is 3.51. The van der Waals surface area contributed by atoms with E-state index in [-0.39, 0.29) is 6.04 Å². The second-order valence-corrected chi connectivity index (χ2v) is 7.18. The summed E-state index contributed by atoms with van der Waals surface area (Å²) in [7, 11) is 0. The first-order chi connectivity index (χ1) is 11.6. The van der Waals surface area contributed by atoms with E-state index in [0.717, 1.165) is 37.9 Å². The SMILES string of the molecule is Cc1cccc(N2CCN([C@@H](C)c3nc(C4CC4)no3)CC2)c1C. The first kappa shape index (κ1) is 15.6. The topological polar surface area (TPSA) is 45.4 Å². The molecule has 0 bridgehead atoms. The van der Waals surface area contributed by atoms with Crippen LogP contribution in [-0.4, -0.2) is 41.2 Å². The second-order valence-electron chi connectivity index (χ2n) is 7.18. The molecule has 0 N–H and O–H groups in total. The van der Waals surface area contributed by atoms with E-state index in [0.29, 0.717) is 5.92 Å². The Balaban J connectivity index is 1.40. The summed E-state index contributed by atoms with van der Waals surface area (Å²) in [5, 5.41) is 4.15. The Bertz CT molecular complexity index is 714. The summed E-state index contributed by atoms with van der Waals surface area (Å²) in [4.78, 5) is 9.56. The highest BCUT2D eigenvalue weighted by molar-refractivity contribution is 5.56. The maximum atomic E-state index is 5.51. The third-order valence-electron chi connectivity index (χ3n) is 5.54. The van der Waals surface area contributed by atoms with Gasteiger partial charge in [-0.2, -0.15) is 4.98 Å². The van der Waals surface area contributed by atoms with Crippen molar-refractivity contribution in [2.45, 2.75) is 45.6 Å². The van der Waals surface area contributed by atoms with Gasteiger partial charge in [0.2, 0.25) is 5.89 Å². The predicted octanol–water partition coefficient (Wildman–Crippen LogP) is 3.45. The third-order valence-corrected chi connectivity index (χ3v) is 5.54. The van der Waals surface area contributed by atoms with Gasteiger partial charge in [-0.1, -0.05) is 17.3 Å². The molecule has 24 heavy (non-hydrogen) atoms. The lowest BCUT2D eigenvalue weighted by Crippen LogP contribution is -2.47. The van der Waals surface area contributed by atoms with Crippen molar-refractivity contribution in [2.24, 2.45) is 0 Å². The van der Waals surface area contributed by atoms with Crippen molar-refractivity contribution in [1.82, 2.24) is 15.0 Å². The van der Waals surface area contributed by atoms with Crippen LogP contribution < -0.4 is 4.90 Å². The highest BCUT2D eigenvalue weighted by Gasteiger charge is 2.31. The molecule has 1 aliphatic carbocycles. The Kier molecular flexibility index (Phi) is 4.04. The van der Waals surface area contributed by atoms with Gasteiger partial charge in [-0.05, 0) is 50.8 Å². The number of aromatic nitrogens is 2. The summed E-state index contributed by atoms with van der Waals surface area (Å²) in [6.45, 7) is 10.7. The van der Waals surface area contributed by atoms with Gasteiger partial charge in [0, 0.05) is 37.8 Å². The lowest BCUT2D eigenvalue weighted by Gasteiger charge is -2.38. The molecular weight excluding hydrogens is 300 g/mol. The smallest absolute Gasteiger partial charge is 0.243 e. The molecule has 2 aliphatic rings. The Morgan fingerprint density at radius 3 is 2.58 bits per heavy atom. The van der Waals surface area contributed by atoms with E-state index in [4.69, 9.17) is 4.52 Å². The average molecular weight is 326 g/mol. The molecule has 1 atom stereocenters. The fraction of sp³-hybridized carbons (Fsp3) is 0.579. The molecule has 0 radical (unpaired) electrons. The third kappa shape index (κ3) is 2.93. The Morgan fingerprint density at radius 2 is 1.88 bits per heavy atom. The second kappa shape index (κ2) is 6.20. The maximum absolute atomic E-state index is 5.51. The van der Waals surface area contributed by atoms with Gasteiger partial charge in [-0.25, -0.2) is 0 Å². The average Bonchev–Trinajstić information content (AvgIpc) is 3.34. The van der Waals surface area contributed by atoms with Gasteiger partial charge in [0.25, 0.3) is 0 Å². The van der Waals surface area contributed by atoms with Crippen molar-refractivity contribution in [3.63, 3.8) is 0 Å². The van der Waals surface area contributed by atoms with Crippen LogP contribution in [0.2, 0.25) is 0 Å². The van der Waals surface area contributed by atoms with Gasteiger partial charge in [-0.3, -0.25) is 4.90 Å². The van der Waals surface area contributed by atoms with Crippen LogP contribution in [0.15, 0.2) is 22.7 Å². The van der Waals surface area contributed by atoms with Gasteiger partial charge in [0.1, 0.15) is 0 Å². The number of hydrogen-bond acceptors (Lipinski definition) is 5. The van der Waals surface area contributed by atoms with Gasteiger partial charge in [-0.15, -0.1) is 0 Å². The number of anilines is 1. The van der Waals surface area contributed by atoms with Crippen LogP contribution in [0.3, 0.4) is 0 Å². The van der Waals surface area contributed by atoms with E-state index < -0.39 is 0 Å². The Morgan fingerprint density at radius 1 is 1.12 bits per heavy atom. The number of aryl methyl sites for hydroxylation is 1. The molecule has 1 saturated heterocycles. The predicted molar refractivity (Wildman–Crippen MR) is 94.4 cm³/mol. The van der Waals surface area contributed by atoms with E-state index in [2.05, 4.69) is 58.9 Å². The quantitative estimate of drug-likeness (QED) is 0.861. The van der Waals surface area contributed by atoms with Gasteiger partial charge >= 0.3 is 0 Å². The summed E-state index contributed by atoms with van der Waals surface area (Å²) in [5.74, 6) is 2.24. The number of rotatable bonds is 4. The molecule has 0 spiro atoms. The monoisotopic (exact) mass is 326 g/mol. The van der Waals surface area contributed by atoms with Crippen molar-refractivity contribution in [1.29, 1.82) is 0 Å². The van der Waals surface area contributed by atoms with Gasteiger partial charge in [0.05, 0.1) is 6.04 Å². The van der Waals surface area contributed by atoms with E-state index in [1.807, 2.05) is 0 Å². The van der Waals surface area contributed by atoms with Crippen LogP contribution in [0, 0.1) is 13.8 Å². The molecule has 1 aliphatic heterocycles. The van der Waals surface area contributed by atoms with Crippen molar-refractivity contribution < 1.29 is 4.52 Å². The standard InChI is InChI=1S/C19H26N4O/c1-13-5-4-6-17(14(13)2)23-11-9-22(10-12-23)15(3)19-20-18(21-24-19)16-7-8-16/h4-6,15-16H,7-12H2,1-3H3/t15-/m0/s1. The van der Waals surface area contributed by atoms with Gasteiger partial charge < -0.3 is 9.42 Å². The minimum absolute atomic E-state index is 0.200. The normalized spacial score (nSPS) is 20.4. The first-order valence-electron chi connectivity index (χ1n) is 9.02. The van der Waals surface area contributed by atoms with E-state index in [1.165, 1.54) is 29.7 Å². The van der Waals surface area contributed by atoms with Crippen LogP contribution >= 0.6 is 0 Å². The summed E-state index contributed by atoms with van der Waals surface area (Å²) >= 11 is 0. The molecule has 0 amide bonds.